The lowest BCUT2D eigenvalue weighted by atomic mass is 9.80. The average molecular weight is 399 g/mol. The standard InChI is InChI=1S/C20H21N3O6/c1-5-27-19(25)17-14(9-24)21-11(4)15(20(26)28-10(2)3)16(17)12-7-6-8-13-18(12)23-29-22-13/h6-10,16,21H,5H2,1-4H3. The first-order valence-electron chi connectivity index (χ1n) is 9.15. The van der Waals surface area contributed by atoms with Crippen LogP contribution in [0, 0.1) is 0 Å². The summed E-state index contributed by atoms with van der Waals surface area (Å²) in [5, 5.41) is 10.6. The zero-order valence-electron chi connectivity index (χ0n) is 16.5. The van der Waals surface area contributed by atoms with Crippen molar-refractivity contribution >= 4 is 29.3 Å². The van der Waals surface area contributed by atoms with Crippen LogP contribution in [0.15, 0.2) is 45.4 Å². The highest BCUT2D eigenvalue weighted by Crippen LogP contribution is 2.41. The predicted octanol–water partition coefficient (Wildman–Crippen LogP) is 2.15. The van der Waals surface area contributed by atoms with E-state index in [2.05, 4.69) is 15.6 Å². The van der Waals surface area contributed by atoms with Gasteiger partial charge in [0.05, 0.1) is 35.5 Å². The molecule has 1 aliphatic heterocycles. The molecule has 1 atom stereocenters. The van der Waals surface area contributed by atoms with Gasteiger partial charge in [0, 0.05) is 5.70 Å². The quantitative estimate of drug-likeness (QED) is 0.575. The molecule has 0 fully saturated rings. The largest absolute Gasteiger partial charge is 0.463 e. The summed E-state index contributed by atoms with van der Waals surface area (Å²) in [6, 6.07) is 5.08. The Morgan fingerprint density at radius 1 is 1.24 bits per heavy atom. The topological polar surface area (TPSA) is 121 Å². The molecule has 1 unspecified atom stereocenters. The van der Waals surface area contributed by atoms with Crippen molar-refractivity contribution in [1.29, 1.82) is 0 Å². The summed E-state index contributed by atoms with van der Waals surface area (Å²) in [4.78, 5) is 37.5. The second kappa shape index (κ2) is 8.26. The van der Waals surface area contributed by atoms with Crippen LogP contribution in [0.3, 0.4) is 0 Å². The van der Waals surface area contributed by atoms with E-state index in [9.17, 15) is 14.4 Å². The van der Waals surface area contributed by atoms with Gasteiger partial charge in [-0.15, -0.1) is 0 Å². The Kier molecular flexibility index (Phi) is 5.76. The highest BCUT2D eigenvalue weighted by molar-refractivity contribution is 6.04. The summed E-state index contributed by atoms with van der Waals surface area (Å²) in [5.74, 6) is -2.28. The Balaban J connectivity index is 2.28. The summed E-state index contributed by atoms with van der Waals surface area (Å²) in [6.45, 7) is 6.84. The normalized spacial score (nSPS) is 16.8. The van der Waals surface area contributed by atoms with Gasteiger partial charge in [0.1, 0.15) is 11.0 Å². The highest BCUT2D eigenvalue weighted by Gasteiger charge is 2.40. The maximum absolute atomic E-state index is 13.0. The number of aldehydes is 1. The molecule has 0 amide bonds. The smallest absolute Gasteiger partial charge is 0.337 e. The van der Waals surface area contributed by atoms with Gasteiger partial charge in [-0.1, -0.05) is 12.1 Å². The van der Waals surface area contributed by atoms with Crippen molar-refractivity contribution in [3.05, 3.63) is 46.3 Å². The van der Waals surface area contributed by atoms with Crippen LogP contribution in [0.2, 0.25) is 0 Å². The average Bonchev–Trinajstić information content (AvgIpc) is 3.15. The van der Waals surface area contributed by atoms with Gasteiger partial charge in [0.25, 0.3) is 0 Å². The van der Waals surface area contributed by atoms with Crippen LogP contribution in [-0.2, 0) is 23.9 Å². The van der Waals surface area contributed by atoms with Crippen LogP contribution < -0.4 is 5.32 Å². The van der Waals surface area contributed by atoms with E-state index in [0.717, 1.165) is 0 Å². The number of ether oxygens (including phenoxy) is 2. The molecular formula is C20H21N3O6. The van der Waals surface area contributed by atoms with E-state index in [1.165, 1.54) is 0 Å². The molecule has 1 aliphatic rings. The first kappa shape index (κ1) is 20.2. The highest BCUT2D eigenvalue weighted by atomic mass is 16.6. The number of dihydropyridines is 1. The van der Waals surface area contributed by atoms with Gasteiger partial charge in [-0.25, -0.2) is 14.2 Å². The van der Waals surface area contributed by atoms with E-state index in [1.807, 2.05) is 0 Å². The van der Waals surface area contributed by atoms with E-state index in [4.69, 9.17) is 14.1 Å². The van der Waals surface area contributed by atoms with Gasteiger partial charge in [-0.3, -0.25) is 4.79 Å². The van der Waals surface area contributed by atoms with Gasteiger partial charge in [-0.2, -0.15) is 0 Å². The number of fused-ring (bicyclic) bond motifs is 1. The van der Waals surface area contributed by atoms with Crippen molar-refractivity contribution in [2.45, 2.75) is 39.7 Å². The number of allylic oxidation sites excluding steroid dienone is 2. The Morgan fingerprint density at radius 3 is 2.66 bits per heavy atom. The fraction of sp³-hybridized carbons (Fsp3) is 0.350. The van der Waals surface area contributed by atoms with Gasteiger partial charge >= 0.3 is 11.9 Å². The molecule has 0 saturated heterocycles. The summed E-state index contributed by atoms with van der Waals surface area (Å²) in [5.41, 5.74) is 1.88. The molecule has 29 heavy (non-hydrogen) atoms. The molecule has 0 saturated carbocycles. The fourth-order valence-corrected chi connectivity index (χ4v) is 3.30. The van der Waals surface area contributed by atoms with E-state index < -0.39 is 17.9 Å². The van der Waals surface area contributed by atoms with Gasteiger partial charge < -0.3 is 14.8 Å². The molecule has 1 aromatic heterocycles. The number of hydrogen-bond donors (Lipinski definition) is 1. The predicted molar refractivity (Wildman–Crippen MR) is 101 cm³/mol. The van der Waals surface area contributed by atoms with Crippen molar-refractivity contribution in [2.24, 2.45) is 0 Å². The zero-order valence-corrected chi connectivity index (χ0v) is 16.5. The molecule has 0 bridgehead atoms. The van der Waals surface area contributed by atoms with Crippen molar-refractivity contribution in [1.82, 2.24) is 15.6 Å². The van der Waals surface area contributed by atoms with E-state index in [-0.39, 0.29) is 29.6 Å². The minimum Gasteiger partial charge on any atom is -0.463 e. The number of carbonyl (C=O) groups excluding carboxylic acids is 3. The van der Waals surface area contributed by atoms with E-state index >= 15 is 0 Å². The Morgan fingerprint density at radius 2 is 2.00 bits per heavy atom. The molecule has 9 heteroatoms. The lowest BCUT2D eigenvalue weighted by molar-refractivity contribution is -0.143. The molecule has 0 aliphatic carbocycles. The number of carbonyl (C=O) groups is 3. The van der Waals surface area contributed by atoms with Crippen molar-refractivity contribution in [3.63, 3.8) is 0 Å². The van der Waals surface area contributed by atoms with Gasteiger partial charge in [0.15, 0.2) is 6.29 Å². The van der Waals surface area contributed by atoms with E-state index in [0.29, 0.717) is 28.6 Å². The summed E-state index contributed by atoms with van der Waals surface area (Å²) in [7, 11) is 0. The first-order chi connectivity index (χ1) is 13.9. The van der Waals surface area contributed by atoms with Crippen LogP contribution in [0.4, 0.5) is 0 Å². The van der Waals surface area contributed by atoms with Crippen LogP contribution >= 0.6 is 0 Å². The number of nitrogens with one attached hydrogen (secondary N) is 1. The molecule has 1 aromatic carbocycles. The monoisotopic (exact) mass is 399 g/mol. The number of rotatable bonds is 6. The third-order valence-electron chi connectivity index (χ3n) is 4.40. The Bertz CT molecular complexity index is 1030. The fourth-order valence-electron chi connectivity index (χ4n) is 3.30. The first-order valence-corrected chi connectivity index (χ1v) is 9.15. The lowest BCUT2D eigenvalue weighted by Gasteiger charge is -2.30. The molecule has 0 radical (unpaired) electrons. The Labute approximate surface area is 166 Å². The lowest BCUT2D eigenvalue weighted by Crippen LogP contribution is -2.34. The molecule has 1 N–H and O–H groups in total. The molecular weight excluding hydrogens is 378 g/mol. The maximum atomic E-state index is 13.0. The Hall–Kier alpha value is -3.49. The van der Waals surface area contributed by atoms with Gasteiger partial charge in [-0.05, 0) is 49.6 Å². The summed E-state index contributed by atoms with van der Waals surface area (Å²) in [6.07, 6.45) is 0.143. The van der Waals surface area contributed by atoms with Crippen LogP contribution in [-0.4, -0.2) is 41.2 Å². The number of esters is 2. The molecule has 2 heterocycles. The number of hydrogen-bond acceptors (Lipinski definition) is 9. The second-order valence-electron chi connectivity index (χ2n) is 6.70. The van der Waals surface area contributed by atoms with E-state index in [1.54, 1.807) is 45.9 Å². The zero-order chi connectivity index (χ0) is 21.1. The molecule has 2 aromatic rings. The molecule has 0 spiro atoms. The molecule has 9 nitrogen and oxygen atoms in total. The number of nitrogens with zero attached hydrogens (tertiary/aromatic N) is 2. The maximum Gasteiger partial charge on any atom is 0.337 e. The third kappa shape index (κ3) is 3.75. The number of aromatic nitrogens is 2. The van der Waals surface area contributed by atoms with Crippen LogP contribution in [0.5, 0.6) is 0 Å². The van der Waals surface area contributed by atoms with Crippen molar-refractivity contribution in [3.8, 4) is 0 Å². The minimum atomic E-state index is -0.947. The second-order valence-corrected chi connectivity index (χ2v) is 6.70. The minimum absolute atomic E-state index is 0.00124. The summed E-state index contributed by atoms with van der Waals surface area (Å²) < 4.78 is 15.4. The third-order valence-corrected chi connectivity index (χ3v) is 4.40. The van der Waals surface area contributed by atoms with Crippen LogP contribution in [0.1, 0.15) is 39.2 Å². The van der Waals surface area contributed by atoms with Crippen molar-refractivity contribution in [2.75, 3.05) is 6.61 Å². The van der Waals surface area contributed by atoms with Crippen molar-refractivity contribution < 1.29 is 28.5 Å². The SMILES string of the molecule is CCOC(=O)C1=C(C=O)NC(C)=C(C(=O)OC(C)C)C1c1cccc2nonc12. The number of benzene rings is 1. The molecule has 152 valence electrons. The molecule has 3 rings (SSSR count). The van der Waals surface area contributed by atoms with Gasteiger partial charge in [0.2, 0.25) is 0 Å². The van der Waals surface area contributed by atoms with Crippen LogP contribution in [0.25, 0.3) is 11.0 Å². The summed E-state index contributed by atoms with van der Waals surface area (Å²) >= 11 is 0.